The number of fused-ring (bicyclic) bond motifs is 1. The van der Waals surface area contributed by atoms with Crippen molar-refractivity contribution in [2.75, 3.05) is 5.43 Å². The van der Waals surface area contributed by atoms with Gasteiger partial charge in [0.2, 0.25) is 11.8 Å². The highest BCUT2D eigenvalue weighted by molar-refractivity contribution is 5.84. The van der Waals surface area contributed by atoms with E-state index in [9.17, 15) is 0 Å². The lowest BCUT2D eigenvalue weighted by molar-refractivity contribution is 0.469. The van der Waals surface area contributed by atoms with Crippen LogP contribution in [0.2, 0.25) is 0 Å². The number of nitrogens with zero attached hydrogens (tertiary/aromatic N) is 3. The molecule has 1 heterocycles. The van der Waals surface area contributed by atoms with E-state index in [0.717, 1.165) is 5.39 Å². The zero-order valence-electron chi connectivity index (χ0n) is 10.9. The Morgan fingerprint density at radius 3 is 2.76 bits per heavy atom. The van der Waals surface area contributed by atoms with E-state index in [-0.39, 0.29) is 5.95 Å². The lowest BCUT2D eigenvalue weighted by Gasteiger charge is -2.09. The molecule has 0 saturated heterocycles. The average molecular weight is 277 g/mol. The minimum Gasteiger partial charge on any atom is -0.438 e. The summed E-state index contributed by atoms with van der Waals surface area (Å²) in [6, 6.07) is 16.4. The summed E-state index contributed by atoms with van der Waals surface area (Å²) in [6.07, 6.45) is 0. The van der Waals surface area contributed by atoms with Gasteiger partial charge in [0.25, 0.3) is 0 Å². The molecule has 3 rings (SSSR count). The molecule has 0 fully saturated rings. The predicted molar refractivity (Wildman–Crippen MR) is 78.6 cm³/mol. The number of ether oxygens (including phenoxy) is 1. The van der Waals surface area contributed by atoms with Gasteiger partial charge < -0.3 is 4.74 Å². The fourth-order valence-electron chi connectivity index (χ4n) is 1.93. The van der Waals surface area contributed by atoms with Crippen LogP contribution in [-0.2, 0) is 0 Å². The summed E-state index contributed by atoms with van der Waals surface area (Å²) in [7, 11) is 0. The normalized spacial score (nSPS) is 10.1. The van der Waals surface area contributed by atoms with E-state index in [1.54, 1.807) is 24.3 Å². The van der Waals surface area contributed by atoms with Gasteiger partial charge in [-0.3, -0.25) is 5.43 Å². The molecular formula is C15H11N5O. The zero-order valence-corrected chi connectivity index (χ0v) is 10.9. The summed E-state index contributed by atoms with van der Waals surface area (Å²) in [5, 5.41) is 9.69. The van der Waals surface area contributed by atoms with Gasteiger partial charge in [0.1, 0.15) is 5.75 Å². The maximum atomic E-state index is 8.92. The molecule has 6 heteroatoms. The van der Waals surface area contributed by atoms with Crippen LogP contribution in [0, 0.1) is 11.3 Å². The second-order valence-electron chi connectivity index (χ2n) is 4.26. The van der Waals surface area contributed by atoms with Crippen LogP contribution in [0.15, 0.2) is 48.5 Å². The fourth-order valence-corrected chi connectivity index (χ4v) is 1.93. The number of para-hydroxylation sites is 1. The number of benzene rings is 2. The highest BCUT2D eigenvalue weighted by Crippen LogP contribution is 2.28. The van der Waals surface area contributed by atoms with Crippen LogP contribution in [0.4, 0.5) is 5.95 Å². The molecule has 6 nitrogen and oxygen atoms in total. The van der Waals surface area contributed by atoms with Crippen LogP contribution in [0.5, 0.6) is 11.6 Å². The molecule has 0 unspecified atom stereocenters. The van der Waals surface area contributed by atoms with Crippen molar-refractivity contribution < 1.29 is 4.74 Å². The zero-order chi connectivity index (χ0) is 14.7. The van der Waals surface area contributed by atoms with Crippen molar-refractivity contribution >= 4 is 16.9 Å². The Labute approximate surface area is 120 Å². The molecule has 102 valence electrons. The van der Waals surface area contributed by atoms with E-state index < -0.39 is 0 Å². The van der Waals surface area contributed by atoms with Gasteiger partial charge in [0, 0.05) is 0 Å². The first kappa shape index (κ1) is 12.8. The number of nitrogens with two attached hydrogens (primary N) is 1. The Morgan fingerprint density at radius 2 is 1.95 bits per heavy atom. The maximum absolute atomic E-state index is 8.92. The van der Waals surface area contributed by atoms with Gasteiger partial charge in [-0.15, -0.1) is 0 Å². The third kappa shape index (κ3) is 2.59. The Balaban J connectivity index is 2.08. The van der Waals surface area contributed by atoms with Crippen LogP contribution >= 0.6 is 0 Å². The number of nitrogens with one attached hydrogen (secondary N) is 1. The average Bonchev–Trinajstić information content (AvgIpc) is 2.55. The number of hydrazine groups is 1. The SMILES string of the molecule is N#Cc1cccc(Oc2nc(NN)nc3ccccc23)c1. The van der Waals surface area contributed by atoms with Gasteiger partial charge in [0.15, 0.2) is 0 Å². The van der Waals surface area contributed by atoms with Crippen molar-refractivity contribution in [2.45, 2.75) is 0 Å². The second-order valence-corrected chi connectivity index (χ2v) is 4.26. The molecule has 0 bridgehead atoms. The topological polar surface area (TPSA) is 96.8 Å². The number of nitrogen functional groups attached to an aromatic ring is 1. The second kappa shape index (κ2) is 5.45. The summed E-state index contributed by atoms with van der Waals surface area (Å²) in [6.45, 7) is 0. The summed E-state index contributed by atoms with van der Waals surface area (Å²) in [5.74, 6) is 6.55. The van der Waals surface area contributed by atoms with E-state index in [2.05, 4.69) is 21.5 Å². The molecule has 0 atom stereocenters. The largest absolute Gasteiger partial charge is 0.438 e. The Morgan fingerprint density at radius 1 is 1.10 bits per heavy atom. The molecule has 0 saturated carbocycles. The number of anilines is 1. The lowest BCUT2D eigenvalue weighted by Crippen LogP contribution is -2.11. The molecule has 3 aromatic rings. The van der Waals surface area contributed by atoms with Crippen molar-refractivity contribution in [3.8, 4) is 17.7 Å². The first-order valence-corrected chi connectivity index (χ1v) is 6.21. The van der Waals surface area contributed by atoms with Crippen LogP contribution in [-0.4, -0.2) is 9.97 Å². The molecular weight excluding hydrogens is 266 g/mol. The molecule has 0 spiro atoms. The molecule has 21 heavy (non-hydrogen) atoms. The highest BCUT2D eigenvalue weighted by Gasteiger charge is 2.09. The van der Waals surface area contributed by atoms with Crippen molar-refractivity contribution in [3.63, 3.8) is 0 Å². The third-order valence-electron chi connectivity index (χ3n) is 2.88. The molecule has 0 aliphatic carbocycles. The summed E-state index contributed by atoms with van der Waals surface area (Å²) in [4.78, 5) is 8.47. The predicted octanol–water partition coefficient (Wildman–Crippen LogP) is 2.58. The first-order chi connectivity index (χ1) is 10.3. The van der Waals surface area contributed by atoms with Crippen molar-refractivity contribution in [1.82, 2.24) is 9.97 Å². The molecule has 3 N–H and O–H groups in total. The number of aromatic nitrogens is 2. The first-order valence-electron chi connectivity index (χ1n) is 6.21. The molecule has 0 aliphatic heterocycles. The lowest BCUT2D eigenvalue weighted by atomic mass is 10.2. The Hall–Kier alpha value is -3.17. The van der Waals surface area contributed by atoms with Gasteiger partial charge in [-0.25, -0.2) is 10.8 Å². The number of rotatable bonds is 3. The number of hydrogen-bond donors (Lipinski definition) is 2. The van der Waals surface area contributed by atoms with Gasteiger partial charge in [-0.2, -0.15) is 10.2 Å². The maximum Gasteiger partial charge on any atom is 0.241 e. The van der Waals surface area contributed by atoms with E-state index >= 15 is 0 Å². The molecule has 2 aromatic carbocycles. The van der Waals surface area contributed by atoms with E-state index in [1.165, 1.54) is 0 Å². The summed E-state index contributed by atoms with van der Waals surface area (Å²) in [5.41, 5.74) is 3.64. The highest BCUT2D eigenvalue weighted by atomic mass is 16.5. The molecule has 0 aliphatic rings. The summed E-state index contributed by atoms with van der Waals surface area (Å²) >= 11 is 0. The molecule has 1 aromatic heterocycles. The Kier molecular flexibility index (Phi) is 3.33. The monoisotopic (exact) mass is 277 g/mol. The van der Waals surface area contributed by atoms with Crippen molar-refractivity contribution in [2.24, 2.45) is 5.84 Å². The molecule has 0 amide bonds. The number of nitriles is 1. The van der Waals surface area contributed by atoms with E-state index in [0.29, 0.717) is 22.7 Å². The van der Waals surface area contributed by atoms with Gasteiger partial charge in [0.05, 0.1) is 22.5 Å². The quantitative estimate of drug-likeness (QED) is 0.564. The van der Waals surface area contributed by atoms with Crippen LogP contribution in [0.3, 0.4) is 0 Å². The number of hydrogen-bond acceptors (Lipinski definition) is 6. The van der Waals surface area contributed by atoms with E-state index in [1.807, 2.05) is 24.3 Å². The minimum atomic E-state index is 0.264. The smallest absolute Gasteiger partial charge is 0.241 e. The minimum absolute atomic E-state index is 0.264. The standard InChI is InChI=1S/C15H11N5O/c16-9-10-4-3-5-11(8-10)21-14-12-6-1-2-7-13(12)18-15(19-14)20-17/h1-8H,17H2,(H,18,19,20). The van der Waals surface area contributed by atoms with Crippen molar-refractivity contribution in [1.29, 1.82) is 5.26 Å². The van der Waals surface area contributed by atoms with Crippen LogP contribution in [0.25, 0.3) is 10.9 Å². The van der Waals surface area contributed by atoms with Gasteiger partial charge >= 0.3 is 0 Å². The third-order valence-corrected chi connectivity index (χ3v) is 2.88. The van der Waals surface area contributed by atoms with Gasteiger partial charge in [-0.05, 0) is 30.3 Å². The Bertz CT molecular complexity index is 841. The van der Waals surface area contributed by atoms with Gasteiger partial charge in [-0.1, -0.05) is 18.2 Å². The fraction of sp³-hybridized carbons (Fsp3) is 0. The van der Waals surface area contributed by atoms with Crippen LogP contribution in [0.1, 0.15) is 5.56 Å². The van der Waals surface area contributed by atoms with Crippen LogP contribution < -0.4 is 16.0 Å². The van der Waals surface area contributed by atoms with E-state index in [4.69, 9.17) is 15.8 Å². The molecule has 0 radical (unpaired) electrons. The van der Waals surface area contributed by atoms with Crippen molar-refractivity contribution in [3.05, 3.63) is 54.1 Å². The summed E-state index contributed by atoms with van der Waals surface area (Å²) < 4.78 is 5.78.